The van der Waals surface area contributed by atoms with E-state index >= 15 is 0 Å². The summed E-state index contributed by atoms with van der Waals surface area (Å²) in [5.41, 5.74) is 3.72. The van der Waals surface area contributed by atoms with E-state index in [9.17, 15) is 17.6 Å². The Balaban J connectivity index is 3.17. The first-order chi connectivity index (χ1) is 7.21. The Hall–Kier alpha value is -1.46. The van der Waals surface area contributed by atoms with E-state index in [1.807, 2.05) is 0 Å². The maximum absolute atomic E-state index is 13.1. The first kappa shape index (κ1) is 12.6. The second-order valence-electron chi connectivity index (χ2n) is 3.53. The lowest BCUT2D eigenvalue weighted by atomic mass is 10.1. The van der Waals surface area contributed by atoms with Crippen molar-refractivity contribution in [2.75, 3.05) is 5.73 Å². The molecule has 2 nitrogen and oxygen atoms in total. The predicted octanol–water partition coefficient (Wildman–Crippen LogP) is 3.21. The van der Waals surface area contributed by atoms with Crippen LogP contribution in [0.25, 0.3) is 0 Å². The molecule has 1 aromatic carbocycles. The molecule has 0 aliphatic heterocycles. The van der Waals surface area contributed by atoms with Crippen LogP contribution in [0, 0.1) is 5.82 Å². The van der Waals surface area contributed by atoms with Gasteiger partial charge in [0.1, 0.15) is 11.6 Å². The molecular formula is C10H11F4NO. The lowest BCUT2D eigenvalue weighted by molar-refractivity contribution is -0.139. The van der Waals surface area contributed by atoms with Crippen LogP contribution in [0.1, 0.15) is 19.4 Å². The minimum absolute atomic E-state index is 0.0829. The van der Waals surface area contributed by atoms with Gasteiger partial charge in [0, 0.05) is 6.07 Å². The van der Waals surface area contributed by atoms with Gasteiger partial charge in [-0.25, -0.2) is 4.39 Å². The quantitative estimate of drug-likeness (QED) is 0.633. The maximum Gasteiger partial charge on any atom is 0.419 e. The number of hydrogen-bond donors (Lipinski definition) is 1. The van der Waals surface area contributed by atoms with Crippen molar-refractivity contribution < 1.29 is 22.3 Å². The van der Waals surface area contributed by atoms with Crippen LogP contribution in [0.4, 0.5) is 23.2 Å². The van der Waals surface area contributed by atoms with Crippen LogP contribution in [0.15, 0.2) is 12.1 Å². The SMILES string of the molecule is CC(C)Oc1cc(F)c(C(F)(F)F)cc1N. The third-order valence-electron chi connectivity index (χ3n) is 1.77. The molecule has 0 saturated heterocycles. The number of halogens is 4. The fourth-order valence-electron chi connectivity index (χ4n) is 1.14. The van der Waals surface area contributed by atoms with E-state index in [0.717, 1.165) is 0 Å². The van der Waals surface area contributed by atoms with Crippen molar-refractivity contribution >= 4 is 5.69 Å². The summed E-state index contributed by atoms with van der Waals surface area (Å²) in [7, 11) is 0. The maximum atomic E-state index is 13.1. The number of nitrogens with two attached hydrogens (primary N) is 1. The molecule has 0 spiro atoms. The predicted molar refractivity (Wildman–Crippen MR) is 51.6 cm³/mol. The van der Waals surface area contributed by atoms with E-state index in [1.54, 1.807) is 13.8 Å². The van der Waals surface area contributed by atoms with Crippen LogP contribution in [0.5, 0.6) is 5.75 Å². The molecule has 0 aliphatic rings. The van der Waals surface area contributed by atoms with Gasteiger partial charge < -0.3 is 10.5 Å². The summed E-state index contributed by atoms with van der Waals surface area (Å²) >= 11 is 0. The molecule has 0 aromatic heterocycles. The van der Waals surface area contributed by atoms with Crippen LogP contribution in [-0.4, -0.2) is 6.10 Å². The smallest absolute Gasteiger partial charge is 0.419 e. The van der Waals surface area contributed by atoms with Crippen molar-refractivity contribution in [1.82, 2.24) is 0 Å². The van der Waals surface area contributed by atoms with Crippen molar-refractivity contribution in [3.63, 3.8) is 0 Å². The summed E-state index contributed by atoms with van der Waals surface area (Å²) in [6, 6.07) is 1.19. The van der Waals surface area contributed by atoms with E-state index < -0.39 is 17.6 Å². The number of nitrogen functional groups attached to an aromatic ring is 1. The topological polar surface area (TPSA) is 35.2 Å². The van der Waals surface area contributed by atoms with E-state index in [2.05, 4.69) is 0 Å². The zero-order valence-corrected chi connectivity index (χ0v) is 8.73. The van der Waals surface area contributed by atoms with Crippen LogP contribution < -0.4 is 10.5 Å². The molecule has 2 N–H and O–H groups in total. The second-order valence-corrected chi connectivity index (χ2v) is 3.53. The molecule has 0 amide bonds. The summed E-state index contributed by atoms with van der Waals surface area (Å²) in [4.78, 5) is 0. The number of ether oxygens (including phenoxy) is 1. The number of anilines is 1. The standard InChI is InChI=1S/C10H11F4NO/c1-5(2)16-9-4-7(11)6(3-8(9)15)10(12,13)14/h3-5H,15H2,1-2H3. The average Bonchev–Trinajstić information content (AvgIpc) is 2.07. The van der Waals surface area contributed by atoms with Gasteiger partial charge in [-0.15, -0.1) is 0 Å². The molecule has 0 radical (unpaired) electrons. The molecule has 6 heteroatoms. The van der Waals surface area contributed by atoms with E-state index in [1.165, 1.54) is 0 Å². The first-order valence-corrected chi connectivity index (χ1v) is 4.54. The normalized spacial score (nSPS) is 11.9. The summed E-state index contributed by atoms with van der Waals surface area (Å²) in [6.07, 6.45) is -5.05. The molecule has 0 bridgehead atoms. The summed E-state index contributed by atoms with van der Waals surface area (Å²) in [5, 5.41) is 0. The molecule has 1 rings (SSSR count). The zero-order chi connectivity index (χ0) is 12.5. The first-order valence-electron chi connectivity index (χ1n) is 4.54. The van der Waals surface area contributed by atoms with Gasteiger partial charge in [-0.3, -0.25) is 0 Å². The van der Waals surface area contributed by atoms with Crippen molar-refractivity contribution in [3.05, 3.63) is 23.5 Å². The molecule has 0 saturated carbocycles. The Morgan fingerprint density at radius 3 is 2.25 bits per heavy atom. The Morgan fingerprint density at radius 2 is 1.81 bits per heavy atom. The van der Waals surface area contributed by atoms with E-state index in [4.69, 9.17) is 10.5 Å². The second kappa shape index (κ2) is 4.19. The van der Waals surface area contributed by atoms with Gasteiger partial charge >= 0.3 is 6.18 Å². The Labute approximate surface area is 90.0 Å². The van der Waals surface area contributed by atoms with Crippen LogP contribution in [0.3, 0.4) is 0 Å². The lowest BCUT2D eigenvalue weighted by Gasteiger charge is -2.15. The van der Waals surface area contributed by atoms with Crippen LogP contribution >= 0.6 is 0 Å². The average molecular weight is 237 g/mol. The molecule has 1 aromatic rings. The molecule has 0 fully saturated rings. The minimum Gasteiger partial charge on any atom is -0.489 e. The number of rotatable bonds is 2. The van der Waals surface area contributed by atoms with Gasteiger partial charge in [-0.1, -0.05) is 0 Å². The number of benzene rings is 1. The fourth-order valence-corrected chi connectivity index (χ4v) is 1.14. The Kier molecular flexibility index (Phi) is 3.30. The van der Waals surface area contributed by atoms with Crippen molar-refractivity contribution in [2.45, 2.75) is 26.1 Å². The molecule has 90 valence electrons. The summed E-state index contributed by atoms with van der Waals surface area (Å²) in [6.45, 7) is 3.32. The van der Waals surface area contributed by atoms with E-state index in [-0.39, 0.29) is 17.5 Å². The van der Waals surface area contributed by atoms with Gasteiger partial charge in [0.25, 0.3) is 0 Å². The highest BCUT2D eigenvalue weighted by atomic mass is 19.4. The van der Waals surface area contributed by atoms with Crippen LogP contribution in [-0.2, 0) is 6.18 Å². The lowest BCUT2D eigenvalue weighted by Crippen LogP contribution is -2.12. The van der Waals surface area contributed by atoms with Crippen molar-refractivity contribution in [3.8, 4) is 5.75 Å². The van der Waals surface area contributed by atoms with E-state index in [0.29, 0.717) is 12.1 Å². The van der Waals surface area contributed by atoms with Gasteiger partial charge in [-0.05, 0) is 19.9 Å². The Morgan fingerprint density at radius 1 is 1.25 bits per heavy atom. The van der Waals surface area contributed by atoms with Gasteiger partial charge in [-0.2, -0.15) is 13.2 Å². The zero-order valence-electron chi connectivity index (χ0n) is 8.73. The fraction of sp³-hybridized carbons (Fsp3) is 0.400. The number of hydrogen-bond acceptors (Lipinski definition) is 2. The van der Waals surface area contributed by atoms with Gasteiger partial charge in [0.05, 0.1) is 17.4 Å². The molecule has 0 atom stereocenters. The van der Waals surface area contributed by atoms with Crippen LogP contribution in [0.2, 0.25) is 0 Å². The number of alkyl halides is 3. The van der Waals surface area contributed by atoms with Gasteiger partial charge in [0.2, 0.25) is 0 Å². The highest BCUT2D eigenvalue weighted by Crippen LogP contribution is 2.36. The molecule has 16 heavy (non-hydrogen) atoms. The summed E-state index contributed by atoms with van der Waals surface area (Å²) < 4.78 is 55.0. The third kappa shape index (κ3) is 2.77. The minimum atomic E-state index is -4.76. The monoisotopic (exact) mass is 237 g/mol. The third-order valence-corrected chi connectivity index (χ3v) is 1.77. The highest BCUT2D eigenvalue weighted by molar-refractivity contribution is 5.55. The molecule has 0 heterocycles. The van der Waals surface area contributed by atoms with Crippen molar-refractivity contribution in [1.29, 1.82) is 0 Å². The molecule has 0 unspecified atom stereocenters. The highest BCUT2D eigenvalue weighted by Gasteiger charge is 2.35. The summed E-state index contributed by atoms with van der Waals surface area (Å²) in [5.74, 6) is -1.47. The Bertz CT molecular complexity index is 387. The largest absolute Gasteiger partial charge is 0.489 e. The molecular weight excluding hydrogens is 226 g/mol. The van der Waals surface area contributed by atoms with Gasteiger partial charge in [0.15, 0.2) is 0 Å². The van der Waals surface area contributed by atoms with Crippen molar-refractivity contribution in [2.24, 2.45) is 0 Å². The molecule has 0 aliphatic carbocycles.